The maximum absolute atomic E-state index is 12.8. The molecule has 0 aromatic heterocycles. The predicted octanol–water partition coefficient (Wildman–Crippen LogP) is 3.07. The molecule has 0 saturated heterocycles. The molecule has 14 heteroatoms. The van der Waals surface area contributed by atoms with Gasteiger partial charge in [-0.25, -0.2) is 8.42 Å². The molecule has 0 fully saturated rings. The molecular formula is C6H5F9NO3S-. The molecular weight excluding hydrogens is 337 g/mol. The third-order valence-electron chi connectivity index (χ3n) is 1.72. The van der Waals surface area contributed by atoms with E-state index in [-0.39, 0.29) is 0 Å². The highest BCUT2D eigenvalue weighted by Gasteiger charge is 2.84. The highest BCUT2D eigenvalue weighted by molar-refractivity contribution is 7.94. The summed E-state index contributed by atoms with van der Waals surface area (Å²) in [4.78, 5) is 5.03. The van der Waals surface area contributed by atoms with Crippen LogP contribution in [-0.4, -0.2) is 38.3 Å². The number of rotatable bonds is 6. The van der Waals surface area contributed by atoms with Gasteiger partial charge in [0.05, 0.1) is 0 Å². The van der Waals surface area contributed by atoms with Crippen LogP contribution in [0.5, 0.6) is 0 Å². The van der Waals surface area contributed by atoms with Gasteiger partial charge >= 0.3 is 23.3 Å². The van der Waals surface area contributed by atoms with Crippen molar-refractivity contribution in [1.82, 2.24) is 0 Å². The van der Waals surface area contributed by atoms with Crippen molar-refractivity contribution in [1.29, 1.82) is 0 Å². The Kier molecular flexibility index (Phi) is 5.02. The molecule has 0 amide bonds. The smallest absolute Gasteiger partial charge is 0.460 e. The van der Waals surface area contributed by atoms with E-state index in [1.807, 2.05) is 0 Å². The van der Waals surface area contributed by atoms with Gasteiger partial charge in [-0.2, -0.15) is 39.5 Å². The topological polar surface area (TPSA) is 57.5 Å². The number of halogens is 9. The molecule has 0 aromatic rings. The fraction of sp³-hybridized carbons (Fsp3) is 1.00. The summed E-state index contributed by atoms with van der Waals surface area (Å²) in [6.45, 7) is 0.218. The van der Waals surface area contributed by atoms with Gasteiger partial charge in [-0.3, -0.25) is 0 Å². The van der Waals surface area contributed by atoms with Crippen molar-refractivity contribution >= 4 is 10.0 Å². The van der Waals surface area contributed by atoms with Crippen LogP contribution in [-0.2, 0) is 14.9 Å². The molecule has 0 rings (SSSR count). The normalized spacial score (nSPS) is 15.5. The first-order chi connectivity index (χ1) is 8.56. The summed E-state index contributed by atoms with van der Waals surface area (Å²) in [5, 5.41) is -6.84. The average molecular weight is 342 g/mol. The summed E-state index contributed by atoms with van der Waals surface area (Å²) in [6.07, 6.45) is -7.11. The van der Waals surface area contributed by atoms with Crippen molar-refractivity contribution in [3.8, 4) is 0 Å². The van der Waals surface area contributed by atoms with Crippen molar-refractivity contribution in [2.24, 2.45) is 0 Å². The minimum Gasteiger partial charge on any atom is -0.471 e. The molecule has 20 heavy (non-hydrogen) atoms. The molecule has 0 aromatic carbocycles. The molecule has 0 bridgehead atoms. The lowest BCUT2D eigenvalue weighted by Crippen LogP contribution is -2.63. The van der Waals surface area contributed by atoms with Crippen LogP contribution in [0.25, 0.3) is 4.89 Å². The van der Waals surface area contributed by atoms with Gasteiger partial charge in [0.2, 0.25) is 0 Å². The molecule has 0 aliphatic rings. The van der Waals surface area contributed by atoms with Crippen molar-refractivity contribution in [2.45, 2.75) is 30.2 Å². The van der Waals surface area contributed by atoms with Crippen molar-refractivity contribution < 1.29 is 52.8 Å². The average Bonchev–Trinajstić information content (AvgIpc) is 2.24. The third-order valence-corrected chi connectivity index (χ3v) is 2.93. The van der Waals surface area contributed by atoms with Crippen LogP contribution in [0.1, 0.15) is 6.92 Å². The van der Waals surface area contributed by atoms with Gasteiger partial charge < -0.3 is 9.72 Å². The van der Waals surface area contributed by atoms with Gasteiger partial charge in [0.1, 0.15) is 0 Å². The van der Waals surface area contributed by atoms with Crippen LogP contribution in [0.4, 0.5) is 39.5 Å². The van der Waals surface area contributed by atoms with E-state index in [0.717, 1.165) is 6.92 Å². The lowest BCUT2D eigenvalue weighted by atomic mass is 10.1. The van der Waals surface area contributed by atoms with E-state index < -0.39 is 39.9 Å². The Morgan fingerprint density at radius 2 is 1.30 bits per heavy atom. The van der Waals surface area contributed by atoms with Gasteiger partial charge in [0.25, 0.3) is 0 Å². The Morgan fingerprint density at radius 1 is 0.900 bits per heavy atom. The molecule has 122 valence electrons. The molecule has 4 nitrogen and oxygen atoms in total. The summed E-state index contributed by atoms with van der Waals surface area (Å²) in [6, 6.07) is 0. The summed E-state index contributed by atoms with van der Waals surface area (Å²) >= 11 is 0. The zero-order valence-electron chi connectivity index (χ0n) is 9.19. The highest BCUT2D eigenvalue weighted by atomic mass is 32.2. The van der Waals surface area contributed by atoms with Crippen LogP contribution >= 0.6 is 0 Å². The minimum absolute atomic E-state index is 0.740. The maximum Gasteiger partial charge on any atom is 0.460 e. The number of sulfonamides is 1. The van der Waals surface area contributed by atoms with Crippen molar-refractivity contribution in [3.05, 3.63) is 4.89 Å². The van der Waals surface area contributed by atoms with Gasteiger partial charge in [-0.1, -0.05) is 0 Å². The third kappa shape index (κ3) is 2.81. The quantitative estimate of drug-likeness (QED) is 0.551. The molecule has 0 aliphatic heterocycles. The highest BCUT2D eigenvalue weighted by Crippen LogP contribution is 2.55. The minimum atomic E-state index is -7.31. The Morgan fingerprint density at radius 3 is 1.60 bits per heavy atom. The molecule has 0 spiro atoms. The molecule has 0 radical (unpaired) electrons. The van der Waals surface area contributed by atoms with E-state index in [4.69, 9.17) is 0 Å². The molecule has 0 unspecified atom stereocenters. The molecule has 0 atom stereocenters. The maximum atomic E-state index is 12.8. The summed E-state index contributed by atoms with van der Waals surface area (Å²) in [7, 11) is -6.78. The number of hydrogen-bond donors (Lipinski definition) is 0. The van der Waals surface area contributed by atoms with Crippen LogP contribution in [0.15, 0.2) is 0 Å². The SMILES string of the molecule is CCO[N-]S(=O)(=O)C(F)(F)C(F)(F)C(F)(F)C(F)(F)F. The van der Waals surface area contributed by atoms with Gasteiger partial charge in [0.15, 0.2) is 10.0 Å². The van der Waals surface area contributed by atoms with Crippen LogP contribution in [0, 0.1) is 0 Å². The lowest BCUT2D eigenvalue weighted by Gasteiger charge is -2.36. The fourth-order valence-corrected chi connectivity index (χ4v) is 1.48. The Balaban J connectivity index is 5.82. The number of hydrogen-bond acceptors (Lipinski definition) is 3. The zero-order chi connectivity index (χ0) is 16.6. The summed E-state index contributed by atoms with van der Waals surface area (Å²) in [5.74, 6) is -14.6. The van der Waals surface area contributed by atoms with E-state index in [0.29, 0.717) is 0 Å². The van der Waals surface area contributed by atoms with Gasteiger partial charge in [-0.15, -0.1) is 0 Å². The largest absolute Gasteiger partial charge is 0.471 e. The lowest BCUT2D eigenvalue weighted by molar-refractivity contribution is -0.382. The van der Waals surface area contributed by atoms with Crippen molar-refractivity contribution in [2.75, 3.05) is 6.61 Å². The van der Waals surface area contributed by atoms with E-state index in [9.17, 15) is 47.9 Å². The molecule has 0 saturated carbocycles. The van der Waals surface area contributed by atoms with Crippen LogP contribution < -0.4 is 0 Å². The summed E-state index contributed by atoms with van der Waals surface area (Å²) < 4.78 is 132. The second-order valence-electron chi connectivity index (χ2n) is 3.13. The fourth-order valence-electron chi connectivity index (χ4n) is 0.692. The predicted molar refractivity (Wildman–Crippen MR) is 44.8 cm³/mol. The Bertz CT molecular complexity index is 443. The monoisotopic (exact) mass is 342 g/mol. The second kappa shape index (κ2) is 5.22. The van der Waals surface area contributed by atoms with Crippen LogP contribution in [0.2, 0.25) is 0 Å². The van der Waals surface area contributed by atoms with E-state index >= 15 is 0 Å². The second-order valence-corrected chi connectivity index (χ2v) is 4.74. The Labute approximate surface area is 105 Å². The Hall–Kier alpha value is -0.760. The zero-order valence-corrected chi connectivity index (χ0v) is 10.0. The standard InChI is InChI=1S/C6H5F9NO3S/c1-2-19-16-20(17,18)6(14,15)4(9,10)3(7,8)5(11,12)13/h2H2,1H3/q-1. The molecule has 0 heterocycles. The first kappa shape index (κ1) is 19.2. The first-order valence-electron chi connectivity index (χ1n) is 4.35. The number of nitrogens with zero attached hydrogens (tertiary/aromatic N) is 1. The van der Waals surface area contributed by atoms with Crippen LogP contribution in [0.3, 0.4) is 0 Å². The number of alkyl halides is 9. The molecule has 0 aliphatic carbocycles. The van der Waals surface area contributed by atoms with E-state index in [2.05, 4.69) is 4.84 Å². The molecule has 0 N–H and O–H groups in total. The summed E-state index contributed by atoms with van der Waals surface area (Å²) in [5.41, 5.74) is 0. The van der Waals surface area contributed by atoms with E-state index in [1.54, 1.807) is 4.89 Å². The van der Waals surface area contributed by atoms with Crippen molar-refractivity contribution in [3.63, 3.8) is 0 Å². The van der Waals surface area contributed by atoms with E-state index in [1.165, 1.54) is 0 Å². The van der Waals surface area contributed by atoms with Gasteiger partial charge in [-0.05, 0) is 6.92 Å². The van der Waals surface area contributed by atoms with Gasteiger partial charge in [0, 0.05) is 6.61 Å². The first-order valence-corrected chi connectivity index (χ1v) is 5.79.